The van der Waals surface area contributed by atoms with Gasteiger partial charge in [0.1, 0.15) is 13.5 Å². The van der Waals surface area contributed by atoms with Crippen molar-refractivity contribution in [3.63, 3.8) is 0 Å². The van der Waals surface area contributed by atoms with Crippen molar-refractivity contribution in [2.75, 3.05) is 20.6 Å². The van der Waals surface area contributed by atoms with E-state index in [1.54, 1.807) is 0 Å². The van der Waals surface area contributed by atoms with E-state index in [0.29, 0.717) is 5.46 Å². The SMILES string of the molecule is CN(C)S(=O)(=O)[N+]1=C([Si](C)(C)C(C)(C)C)N=[C-]C1.[Li+]. The van der Waals surface area contributed by atoms with Gasteiger partial charge >= 0.3 is 29.1 Å². The molecule has 5 nitrogen and oxygen atoms in total. The quantitative estimate of drug-likeness (QED) is 0.351. The molecule has 0 aromatic heterocycles. The molecule has 1 aliphatic heterocycles. The maximum absolute atomic E-state index is 12.3. The summed E-state index contributed by atoms with van der Waals surface area (Å²) in [5, 5.41) is 0.0396. The van der Waals surface area contributed by atoms with Crippen molar-refractivity contribution in [1.29, 1.82) is 0 Å². The van der Waals surface area contributed by atoms with Gasteiger partial charge in [-0.25, -0.2) is 3.98 Å². The summed E-state index contributed by atoms with van der Waals surface area (Å²) in [4.78, 5) is 4.25. The molecule has 0 spiro atoms. The van der Waals surface area contributed by atoms with Crippen LogP contribution in [0.1, 0.15) is 20.8 Å². The van der Waals surface area contributed by atoms with Crippen molar-refractivity contribution in [2.24, 2.45) is 4.99 Å². The largest absolute Gasteiger partial charge is 1.00 e. The number of rotatable bonds is 3. The summed E-state index contributed by atoms with van der Waals surface area (Å²) >= 11 is 0. The van der Waals surface area contributed by atoms with Crippen LogP contribution in [0.15, 0.2) is 4.99 Å². The summed E-state index contributed by atoms with van der Waals surface area (Å²) in [6, 6.07) is 0. The molecule has 0 unspecified atom stereocenters. The second-order valence-corrected chi connectivity index (χ2v) is 13.5. The Kier molecular flexibility index (Phi) is 5.84. The van der Waals surface area contributed by atoms with Gasteiger partial charge in [0.15, 0.2) is 0 Å². The summed E-state index contributed by atoms with van der Waals surface area (Å²) in [6.07, 6.45) is 2.80. The van der Waals surface area contributed by atoms with Crippen LogP contribution in [0.2, 0.25) is 18.1 Å². The van der Waals surface area contributed by atoms with Gasteiger partial charge in [-0.1, -0.05) is 33.9 Å². The number of amidine groups is 1. The standard InChI is InChI=1S/C11H23N3O2SSi.Li/c1-11(2,3)18(6,7)10-12-8-9-14(10)17(15,16)13(4)5;/h9H2,1-7H3;/q;+1. The fourth-order valence-corrected chi connectivity index (χ4v) is 5.12. The second kappa shape index (κ2) is 5.82. The fourth-order valence-electron chi connectivity index (χ4n) is 1.48. The van der Waals surface area contributed by atoms with Gasteiger partial charge < -0.3 is 0 Å². The van der Waals surface area contributed by atoms with Crippen LogP contribution in [-0.2, 0) is 10.2 Å². The third-order valence-electron chi connectivity index (χ3n) is 3.81. The van der Waals surface area contributed by atoms with E-state index in [1.807, 2.05) is 0 Å². The molecular weight excluding hydrogens is 273 g/mol. The van der Waals surface area contributed by atoms with Gasteiger partial charge in [0, 0.05) is 20.3 Å². The van der Waals surface area contributed by atoms with E-state index in [0.717, 1.165) is 0 Å². The third kappa shape index (κ3) is 3.39. The van der Waals surface area contributed by atoms with Crippen LogP contribution in [0.25, 0.3) is 0 Å². The molecule has 1 rings (SSSR count). The first-order chi connectivity index (χ1) is 7.92. The number of aliphatic imine (C=N–C) groups is 1. The Hall–Kier alpha value is 0.0643. The predicted molar refractivity (Wildman–Crippen MR) is 77.4 cm³/mol. The maximum Gasteiger partial charge on any atom is 1.00 e. The molecule has 0 atom stereocenters. The van der Waals surface area contributed by atoms with Gasteiger partial charge in [-0.15, -0.1) is 0 Å². The molecule has 0 saturated carbocycles. The minimum absolute atomic E-state index is 0. The van der Waals surface area contributed by atoms with E-state index in [4.69, 9.17) is 0 Å². The van der Waals surface area contributed by atoms with E-state index < -0.39 is 18.3 Å². The topological polar surface area (TPSA) is 52.8 Å². The van der Waals surface area contributed by atoms with Crippen molar-refractivity contribution < 1.29 is 31.3 Å². The molecule has 0 bridgehead atoms. The molecule has 1 aliphatic rings. The van der Waals surface area contributed by atoms with E-state index in [2.05, 4.69) is 45.1 Å². The van der Waals surface area contributed by atoms with Crippen molar-refractivity contribution in [3.05, 3.63) is 0 Å². The van der Waals surface area contributed by atoms with Crippen LogP contribution in [-0.4, -0.2) is 57.1 Å². The molecule has 0 aromatic rings. The van der Waals surface area contributed by atoms with Crippen molar-refractivity contribution in [1.82, 2.24) is 4.31 Å². The first-order valence-electron chi connectivity index (χ1n) is 5.93. The fraction of sp³-hybridized carbons (Fsp3) is 0.818. The van der Waals surface area contributed by atoms with Gasteiger partial charge in [0.25, 0.3) is 0 Å². The number of nitrogens with zero attached hydrogens (tertiary/aromatic N) is 3. The van der Waals surface area contributed by atoms with Crippen LogP contribution in [0.5, 0.6) is 0 Å². The molecule has 0 amide bonds. The van der Waals surface area contributed by atoms with Crippen molar-refractivity contribution in [3.8, 4) is 0 Å². The zero-order valence-corrected chi connectivity index (χ0v) is 15.1. The van der Waals surface area contributed by atoms with E-state index in [9.17, 15) is 8.42 Å². The molecular formula is C11H23LiN3O2SSi+. The first-order valence-corrected chi connectivity index (χ1v) is 10.3. The molecule has 0 radical (unpaired) electrons. The maximum atomic E-state index is 12.3. The Morgan fingerprint density at radius 1 is 1.32 bits per heavy atom. The van der Waals surface area contributed by atoms with Crippen molar-refractivity contribution >= 4 is 30.0 Å². The average molecular weight is 296 g/mol. The van der Waals surface area contributed by atoms with Gasteiger partial charge in [0.2, 0.25) is 0 Å². The summed E-state index contributed by atoms with van der Waals surface area (Å²) in [6.45, 7) is 10.9. The summed E-state index contributed by atoms with van der Waals surface area (Å²) in [7, 11) is -2.37. The Morgan fingerprint density at radius 3 is 2.16 bits per heavy atom. The summed E-state index contributed by atoms with van der Waals surface area (Å²) in [5.41, 5.74) is 0.698. The van der Waals surface area contributed by atoms with Crippen LogP contribution in [0, 0.1) is 0 Å². The summed E-state index contributed by atoms with van der Waals surface area (Å²) < 4.78 is 27.2. The van der Waals surface area contributed by atoms with Crippen LogP contribution >= 0.6 is 0 Å². The molecule has 104 valence electrons. The zero-order chi connectivity index (χ0) is 14.4. The second-order valence-electron chi connectivity index (χ2n) is 6.27. The van der Waals surface area contributed by atoms with Crippen LogP contribution in [0.3, 0.4) is 0 Å². The molecule has 1 heterocycles. The zero-order valence-electron chi connectivity index (χ0n) is 13.3. The molecule has 0 N–H and O–H groups in total. The van der Waals surface area contributed by atoms with E-state index in [1.165, 1.54) is 22.4 Å². The Morgan fingerprint density at radius 2 is 1.79 bits per heavy atom. The molecule has 0 saturated heterocycles. The van der Waals surface area contributed by atoms with E-state index in [-0.39, 0.29) is 30.4 Å². The third-order valence-corrected chi connectivity index (χ3v) is 11.0. The Labute approximate surface area is 130 Å². The number of hydrogen-bond donors (Lipinski definition) is 0. The molecule has 19 heavy (non-hydrogen) atoms. The summed E-state index contributed by atoms with van der Waals surface area (Å²) in [5.74, 6) is 0. The predicted octanol–water partition coefficient (Wildman–Crippen LogP) is -1.78. The Bertz CT molecular complexity index is 505. The average Bonchev–Trinajstić information content (AvgIpc) is 2.64. The van der Waals surface area contributed by atoms with Gasteiger partial charge in [-0.05, 0) is 5.04 Å². The molecule has 8 heteroatoms. The van der Waals surface area contributed by atoms with Gasteiger partial charge in [-0.2, -0.15) is 12.7 Å². The minimum Gasteiger partial charge on any atom is -0.254 e. The van der Waals surface area contributed by atoms with Crippen molar-refractivity contribution in [2.45, 2.75) is 38.9 Å². The monoisotopic (exact) mass is 296 g/mol. The van der Waals surface area contributed by atoms with Crippen LogP contribution in [0.4, 0.5) is 0 Å². The minimum atomic E-state index is -3.46. The molecule has 0 fully saturated rings. The molecule has 0 aliphatic carbocycles. The Balaban J connectivity index is 0.00000324. The molecule has 0 aromatic carbocycles. The first kappa shape index (κ1) is 19.1. The number of hydrogen-bond acceptors (Lipinski definition) is 3. The smallest absolute Gasteiger partial charge is 0.254 e. The van der Waals surface area contributed by atoms with Crippen LogP contribution < -0.4 is 18.9 Å². The van der Waals surface area contributed by atoms with Gasteiger partial charge in [-0.3, -0.25) is 4.99 Å². The normalized spacial score (nSPS) is 17.1. The van der Waals surface area contributed by atoms with Gasteiger partial charge in [0.05, 0.1) is 6.54 Å². The van der Waals surface area contributed by atoms with E-state index >= 15 is 0 Å².